The van der Waals surface area contributed by atoms with Crippen LogP contribution in [0.2, 0.25) is 0 Å². The topological polar surface area (TPSA) is 211 Å². The molecule has 0 amide bonds. The molecule has 4 atom stereocenters. The van der Waals surface area contributed by atoms with Crippen LogP contribution in [0.5, 0.6) is 34.5 Å². The fraction of sp³-hybridized carbons (Fsp3) is 0.250. The number of aliphatic hydroxyl groups excluding tert-OH is 3. The smallest absolute Gasteiger partial charge is 0.238 e. The summed E-state index contributed by atoms with van der Waals surface area (Å²) in [4.78, 5) is 12.5. The van der Waals surface area contributed by atoms with Crippen LogP contribution in [0.25, 0.3) is 22.3 Å². The molecular formula is C20H18O12. The Labute approximate surface area is 178 Å². The highest BCUT2D eigenvalue weighted by Crippen LogP contribution is 2.43. The summed E-state index contributed by atoms with van der Waals surface area (Å²) >= 11 is 0. The molecule has 32 heavy (non-hydrogen) atoms. The van der Waals surface area contributed by atoms with Gasteiger partial charge in [0.25, 0.3) is 0 Å². The molecule has 12 nitrogen and oxygen atoms in total. The molecule has 3 aromatic rings. The normalized spacial score (nSPS) is 23.3. The number of fused-ring (bicyclic) bond motifs is 1. The van der Waals surface area contributed by atoms with Gasteiger partial charge in [0, 0.05) is 17.7 Å². The number of benzene rings is 2. The van der Waals surface area contributed by atoms with Crippen LogP contribution in [-0.4, -0.2) is 72.1 Å². The van der Waals surface area contributed by atoms with E-state index in [4.69, 9.17) is 13.9 Å². The molecule has 1 aliphatic rings. The van der Waals surface area contributed by atoms with Crippen molar-refractivity contribution >= 4 is 11.0 Å². The number of aliphatic hydroxyl groups is 3. The van der Waals surface area contributed by atoms with Gasteiger partial charge in [0.1, 0.15) is 40.8 Å². The van der Waals surface area contributed by atoms with E-state index in [-0.39, 0.29) is 17.8 Å². The van der Waals surface area contributed by atoms with E-state index in [0.29, 0.717) is 0 Å². The summed E-state index contributed by atoms with van der Waals surface area (Å²) in [6.07, 6.45) is -6.22. The van der Waals surface area contributed by atoms with Crippen LogP contribution in [0.15, 0.2) is 33.5 Å². The number of phenols is 4. The largest absolute Gasteiger partial charge is 0.508 e. The third kappa shape index (κ3) is 3.50. The third-order valence-electron chi connectivity index (χ3n) is 4.95. The molecule has 0 radical (unpaired) electrons. The molecule has 8 N–H and O–H groups in total. The Balaban J connectivity index is 1.81. The fourth-order valence-electron chi connectivity index (χ4n) is 3.29. The summed E-state index contributed by atoms with van der Waals surface area (Å²) in [5.41, 5.74) is -1.48. The van der Waals surface area contributed by atoms with Crippen molar-refractivity contribution in [1.29, 1.82) is 0 Å². The van der Waals surface area contributed by atoms with Crippen molar-refractivity contribution in [3.05, 3.63) is 34.5 Å². The molecule has 2 heterocycles. The number of phenolic OH excluding ortho intramolecular Hbond substituents is 4. The zero-order valence-corrected chi connectivity index (χ0v) is 16.0. The summed E-state index contributed by atoms with van der Waals surface area (Å²) in [6.45, 7) is -0.386. The number of ether oxygens (including phenoxy) is 2. The van der Waals surface area contributed by atoms with Crippen LogP contribution in [0.4, 0.5) is 0 Å². The van der Waals surface area contributed by atoms with Crippen LogP contribution in [-0.2, 0) is 4.74 Å². The number of hydrogen-bond acceptors (Lipinski definition) is 12. The van der Waals surface area contributed by atoms with Crippen molar-refractivity contribution in [2.75, 3.05) is 6.61 Å². The highest BCUT2D eigenvalue weighted by Gasteiger charge is 2.39. The van der Waals surface area contributed by atoms with Crippen molar-refractivity contribution in [2.45, 2.75) is 24.6 Å². The second-order valence-corrected chi connectivity index (χ2v) is 7.16. The SMILES string of the molecule is O=c1c(O)c(-c2cc(O)c(O)c(O[C@@H]3OC[C@@H](O)[C@H](O)[C@H]3O)c2)oc2cc(O)cc(O)c12. The lowest BCUT2D eigenvalue weighted by Crippen LogP contribution is -2.54. The molecule has 0 aliphatic carbocycles. The standard InChI is InChI=1S/C20H18O12/c21-7-3-8(22)13-11(4-7)31-19(17(28)16(13)27)6-1-9(23)14(25)12(2-6)32-20-18(29)15(26)10(24)5-30-20/h1-4,10,15,18,20-26,28-29H,5H2/t10-,15+,18-,20+/m1/s1. The van der Waals surface area contributed by atoms with E-state index in [1.807, 2.05) is 0 Å². The molecule has 1 saturated heterocycles. The first-order valence-electron chi connectivity index (χ1n) is 9.19. The van der Waals surface area contributed by atoms with Crippen molar-refractivity contribution in [2.24, 2.45) is 0 Å². The molecule has 0 saturated carbocycles. The van der Waals surface area contributed by atoms with Crippen LogP contribution < -0.4 is 10.2 Å². The van der Waals surface area contributed by atoms with Crippen molar-refractivity contribution in [3.8, 4) is 45.8 Å². The lowest BCUT2D eigenvalue weighted by Gasteiger charge is -2.35. The Morgan fingerprint density at radius 2 is 1.59 bits per heavy atom. The minimum Gasteiger partial charge on any atom is -0.508 e. The van der Waals surface area contributed by atoms with Gasteiger partial charge < -0.3 is 54.7 Å². The average Bonchev–Trinajstić information content (AvgIpc) is 2.73. The minimum absolute atomic E-state index is 0.166. The Morgan fingerprint density at radius 3 is 2.31 bits per heavy atom. The van der Waals surface area contributed by atoms with E-state index in [9.17, 15) is 45.6 Å². The van der Waals surface area contributed by atoms with Gasteiger partial charge in [-0.15, -0.1) is 0 Å². The number of hydrogen-bond donors (Lipinski definition) is 8. The predicted octanol–water partition coefficient (Wildman–Crippen LogP) is -0.194. The predicted molar refractivity (Wildman–Crippen MR) is 105 cm³/mol. The van der Waals surface area contributed by atoms with E-state index in [1.165, 1.54) is 0 Å². The van der Waals surface area contributed by atoms with E-state index in [2.05, 4.69) is 0 Å². The van der Waals surface area contributed by atoms with E-state index >= 15 is 0 Å². The number of aromatic hydroxyl groups is 5. The van der Waals surface area contributed by atoms with Gasteiger partial charge in [-0.05, 0) is 12.1 Å². The maximum absolute atomic E-state index is 12.5. The zero-order valence-electron chi connectivity index (χ0n) is 16.0. The van der Waals surface area contributed by atoms with Gasteiger partial charge in [-0.25, -0.2) is 0 Å². The maximum atomic E-state index is 12.5. The molecular weight excluding hydrogens is 432 g/mol. The molecule has 1 aliphatic heterocycles. The summed E-state index contributed by atoms with van der Waals surface area (Å²) in [7, 11) is 0. The lowest BCUT2D eigenvalue weighted by molar-refractivity contribution is -0.242. The highest BCUT2D eigenvalue weighted by atomic mass is 16.7. The first-order valence-corrected chi connectivity index (χ1v) is 9.19. The van der Waals surface area contributed by atoms with Gasteiger partial charge in [-0.3, -0.25) is 4.79 Å². The fourth-order valence-corrected chi connectivity index (χ4v) is 3.29. The Kier molecular flexibility index (Phi) is 5.22. The van der Waals surface area contributed by atoms with E-state index < -0.39 is 75.7 Å². The van der Waals surface area contributed by atoms with Gasteiger partial charge in [-0.2, -0.15) is 0 Å². The summed E-state index contributed by atoms with van der Waals surface area (Å²) in [5, 5.41) is 79.0. The first kappa shape index (κ1) is 21.5. The third-order valence-corrected chi connectivity index (χ3v) is 4.95. The maximum Gasteiger partial charge on any atom is 0.238 e. The Morgan fingerprint density at radius 1 is 0.875 bits per heavy atom. The van der Waals surface area contributed by atoms with Crippen molar-refractivity contribution in [3.63, 3.8) is 0 Å². The second kappa shape index (κ2) is 7.76. The van der Waals surface area contributed by atoms with Gasteiger partial charge in [-0.1, -0.05) is 0 Å². The van der Waals surface area contributed by atoms with Crippen LogP contribution in [0.3, 0.4) is 0 Å². The molecule has 12 heteroatoms. The van der Waals surface area contributed by atoms with E-state index in [0.717, 1.165) is 24.3 Å². The summed E-state index contributed by atoms with van der Waals surface area (Å²) in [6, 6.07) is 3.88. The molecule has 1 aromatic heterocycles. The van der Waals surface area contributed by atoms with E-state index in [1.54, 1.807) is 0 Å². The zero-order chi connectivity index (χ0) is 23.3. The average molecular weight is 450 g/mol. The monoisotopic (exact) mass is 450 g/mol. The minimum atomic E-state index is -1.71. The molecule has 4 rings (SSSR count). The number of rotatable bonds is 3. The van der Waals surface area contributed by atoms with Crippen LogP contribution in [0.1, 0.15) is 0 Å². The van der Waals surface area contributed by atoms with Gasteiger partial charge in [0.2, 0.25) is 23.2 Å². The first-order chi connectivity index (χ1) is 15.1. The van der Waals surface area contributed by atoms with Crippen LogP contribution >= 0.6 is 0 Å². The van der Waals surface area contributed by atoms with Gasteiger partial charge >= 0.3 is 0 Å². The Hall–Kier alpha value is -3.71. The summed E-state index contributed by atoms with van der Waals surface area (Å²) in [5.74, 6) is -4.51. The molecule has 0 spiro atoms. The quantitative estimate of drug-likeness (QED) is 0.244. The lowest BCUT2D eigenvalue weighted by atomic mass is 10.1. The molecule has 1 fully saturated rings. The Bertz CT molecular complexity index is 1250. The molecule has 170 valence electrons. The van der Waals surface area contributed by atoms with Gasteiger partial charge in [0.05, 0.1) is 6.61 Å². The second-order valence-electron chi connectivity index (χ2n) is 7.16. The summed E-state index contributed by atoms with van der Waals surface area (Å²) < 4.78 is 15.9. The van der Waals surface area contributed by atoms with Crippen molar-refractivity contribution < 1.29 is 54.7 Å². The molecule has 0 unspecified atom stereocenters. The van der Waals surface area contributed by atoms with Gasteiger partial charge in [0.15, 0.2) is 17.3 Å². The van der Waals surface area contributed by atoms with Crippen molar-refractivity contribution in [1.82, 2.24) is 0 Å². The molecule has 2 aromatic carbocycles. The molecule has 0 bridgehead atoms. The highest BCUT2D eigenvalue weighted by molar-refractivity contribution is 5.88. The van der Waals surface area contributed by atoms with Crippen LogP contribution in [0, 0.1) is 0 Å².